The van der Waals surface area contributed by atoms with Gasteiger partial charge in [0.25, 0.3) is 0 Å². The second kappa shape index (κ2) is 7.00. The van der Waals surface area contributed by atoms with Gasteiger partial charge < -0.3 is 5.32 Å². The molecule has 1 N–H and O–H groups in total. The van der Waals surface area contributed by atoms with E-state index in [2.05, 4.69) is 26.2 Å². The monoisotopic (exact) mass is 351 g/mol. The Hall–Kier alpha value is -2.46. The molecule has 3 nitrogen and oxygen atoms in total. The molecule has 1 aromatic heterocycles. The summed E-state index contributed by atoms with van der Waals surface area (Å²) in [4.78, 5) is 8.85. The first kappa shape index (κ1) is 14.5. The van der Waals surface area contributed by atoms with Gasteiger partial charge in [-0.2, -0.15) is 0 Å². The highest BCUT2D eigenvalue weighted by atomic mass is 79.9. The third-order valence-electron chi connectivity index (χ3n) is 3.04. The summed E-state index contributed by atoms with van der Waals surface area (Å²) in [5, 5.41) is 3.33. The van der Waals surface area contributed by atoms with Crippen LogP contribution in [0.1, 0.15) is 5.56 Å². The Labute approximate surface area is 137 Å². The molecule has 1 heterocycles. The van der Waals surface area contributed by atoms with Crippen molar-refractivity contribution in [3.63, 3.8) is 0 Å². The first-order valence-corrected chi connectivity index (χ1v) is 7.67. The summed E-state index contributed by atoms with van der Waals surface area (Å²) >= 11 is 3.44. The first-order chi connectivity index (χ1) is 10.8. The van der Waals surface area contributed by atoms with Gasteiger partial charge >= 0.3 is 0 Å². The molecule has 0 saturated heterocycles. The lowest BCUT2D eigenvalue weighted by Gasteiger charge is -2.10. The quantitative estimate of drug-likeness (QED) is 0.530. The number of nitrogens with zero attached hydrogens (tertiary/aromatic N) is 2. The highest BCUT2D eigenvalue weighted by Crippen LogP contribution is 2.19. The normalized spacial score (nSPS) is 11.2. The van der Waals surface area contributed by atoms with Crippen LogP contribution in [0.25, 0.3) is 0 Å². The largest absolute Gasteiger partial charge is 0.338 e. The molecular formula is C18H14BrN3. The molecule has 22 heavy (non-hydrogen) atoms. The molecule has 0 aliphatic heterocycles. The van der Waals surface area contributed by atoms with Gasteiger partial charge in [-0.1, -0.05) is 46.3 Å². The predicted octanol–water partition coefficient (Wildman–Crippen LogP) is 5.03. The zero-order valence-electron chi connectivity index (χ0n) is 11.8. The van der Waals surface area contributed by atoms with Crippen LogP contribution in [0.2, 0.25) is 0 Å². The maximum absolute atomic E-state index is 4.72. The third-order valence-corrected chi connectivity index (χ3v) is 3.57. The van der Waals surface area contributed by atoms with Gasteiger partial charge in [0.1, 0.15) is 5.84 Å². The molecule has 0 spiro atoms. The Morgan fingerprint density at radius 3 is 2.36 bits per heavy atom. The average molecular weight is 352 g/mol. The Morgan fingerprint density at radius 1 is 0.909 bits per heavy atom. The molecule has 3 rings (SSSR count). The van der Waals surface area contributed by atoms with E-state index in [-0.39, 0.29) is 0 Å². The lowest BCUT2D eigenvalue weighted by atomic mass is 10.2. The number of halogens is 1. The third kappa shape index (κ3) is 3.80. The van der Waals surface area contributed by atoms with E-state index in [0.717, 1.165) is 27.2 Å². The molecule has 0 bridgehead atoms. The summed E-state index contributed by atoms with van der Waals surface area (Å²) in [6.45, 7) is 0. The summed E-state index contributed by atoms with van der Waals surface area (Å²) in [7, 11) is 0. The number of aliphatic imine (C=N–C) groups is 1. The Balaban J connectivity index is 1.97. The smallest absolute Gasteiger partial charge is 0.138 e. The van der Waals surface area contributed by atoms with Crippen LogP contribution in [0, 0.1) is 0 Å². The molecule has 0 radical (unpaired) electrons. The van der Waals surface area contributed by atoms with Crippen LogP contribution in [0.3, 0.4) is 0 Å². The van der Waals surface area contributed by atoms with E-state index < -0.39 is 0 Å². The zero-order valence-corrected chi connectivity index (χ0v) is 13.4. The van der Waals surface area contributed by atoms with Crippen molar-refractivity contribution in [1.29, 1.82) is 0 Å². The van der Waals surface area contributed by atoms with E-state index in [0.29, 0.717) is 0 Å². The maximum atomic E-state index is 4.72. The van der Waals surface area contributed by atoms with E-state index in [1.165, 1.54) is 0 Å². The standard InChI is InChI=1S/C18H14BrN3/c19-15-8-10-16(11-9-15)21-18(14-5-2-1-3-6-14)22-17-7-4-12-20-13-17/h1-13H,(H,21,22). The van der Waals surface area contributed by atoms with Gasteiger partial charge in [-0.3, -0.25) is 4.98 Å². The van der Waals surface area contributed by atoms with Gasteiger partial charge in [-0.05, 0) is 36.4 Å². The fourth-order valence-corrected chi connectivity index (χ4v) is 2.24. The SMILES string of the molecule is Brc1ccc(N=C(Nc2cccnc2)c2ccccc2)cc1. The van der Waals surface area contributed by atoms with Gasteiger partial charge in [0.15, 0.2) is 0 Å². The molecule has 3 aromatic rings. The number of hydrogen-bond acceptors (Lipinski definition) is 2. The van der Waals surface area contributed by atoms with Crippen LogP contribution >= 0.6 is 15.9 Å². The number of hydrogen-bond donors (Lipinski definition) is 1. The topological polar surface area (TPSA) is 37.3 Å². The predicted molar refractivity (Wildman–Crippen MR) is 94.6 cm³/mol. The second-order valence-electron chi connectivity index (χ2n) is 4.67. The Morgan fingerprint density at radius 2 is 1.68 bits per heavy atom. The number of pyridine rings is 1. The van der Waals surface area contributed by atoms with Crippen molar-refractivity contribution in [1.82, 2.24) is 4.98 Å². The minimum atomic E-state index is 0.788. The molecule has 0 aliphatic rings. The molecule has 108 valence electrons. The Bertz CT molecular complexity index is 753. The molecule has 0 unspecified atom stereocenters. The zero-order chi connectivity index (χ0) is 15.2. The van der Waals surface area contributed by atoms with Crippen LogP contribution in [-0.2, 0) is 0 Å². The van der Waals surface area contributed by atoms with E-state index in [9.17, 15) is 0 Å². The summed E-state index contributed by atoms with van der Waals surface area (Å²) in [5.74, 6) is 0.788. The molecule has 0 fully saturated rings. The number of benzene rings is 2. The molecular weight excluding hydrogens is 338 g/mol. The number of nitrogens with one attached hydrogen (secondary N) is 1. The van der Waals surface area contributed by atoms with Gasteiger partial charge in [0.05, 0.1) is 17.6 Å². The molecule has 0 atom stereocenters. The fourth-order valence-electron chi connectivity index (χ4n) is 1.98. The van der Waals surface area contributed by atoms with Crippen LogP contribution in [0.5, 0.6) is 0 Å². The lowest BCUT2D eigenvalue weighted by Crippen LogP contribution is -2.13. The van der Waals surface area contributed by atoms with Gasteiger partial charge in [-0.15, -0.1) is 0 Å². The highest BCUT2D eigenvalue weighted by Gasteiger charge is 2.04. The number of rotatable bonds is 3. The number of amidine groups is 1. The number of anilines is 1. The highest BCUT2D eigenvalue weighted by molar-refractivity contribution is 9.10. The van der Waals surface area contributed by atoms with E-state index in [1.54, 1.807) is 12.4 Å². The van der Waals surface area contributed by atoms with Crippen molar-refractivity contribution in [2.45, 2.75) is 0 Å². The van der Waals surface area contributed by atoms with E-state index in [1.807, 2.05) is 66.7 Å². The van der Waals surface area contributed by atoms with Crippen molar-refractivity contribution in [3.05, 3.63) is 89.2 Å². The van der Waals surface area contributed by atoms with E-state index in [4.69, 9.17) is 4.99 Å². The van der Waals surface area contributed by atoms with Gasteiger partial charge in [0.2, 0.25) is 0 Å². The minimum Gasteiger partial charge on any atom is -0.338 e. The molecule has 2 aromatic carbocycles. The summed E-state index contributed by atoms with van der Waals surface area (Å²) in [5.41, 5.74) is 2.81. The average Bonchev–Trinajstić information content (AvgIpc) is 2.58. The van der Waals surface area contributed by atoms with Crippen molar-refractivity contribution in [2.24, 2.45) is 4.99 Å². The van der Waals surface area contributed by atoms with Crippen molar-refractivity contribution >= 4 is 33.1 Å². The van der Waals surface area contributed by atoms with Crippen LogP contribution in [-0.4, -0.2) is 10.8 Å². The maximum Gasteiger partial charge on any atom is 0.138 e. The lowest BCUT2D eigenvalue weighted by molar-refractivity contribution is 1.32. The van der Waals surface area contributed by atoms with Crippen molar-refractivity contribution in [2.75, 3.05) is 5.32 Å². The second-order valence-corrected chi connectivity index (χ2v) is 5.59. The molecule has 0 saturated carbocycles. The Kier molecular flexibility index (Phi) is 4.61. The summed E-state index contributed by atoms with van der Waals surface area (Å²) in [6.07, 6.45) is 3.53. The van der Waals surface area contributed by atoms with E-state index >= 15 is 0 Å². The van der Waals surface area contributed by atoms with Gasteiger partial charge in [0, 0.05) is 16.2 Å². The van der Waals surface area contributed by atoms with Crippen molar-refractivity contribution in [3.8, 4) is 0 Å². The number of aromatic nitrogens is 1. The minimum absolute atomic E-state index is 0.788. The first-order valence-electron chi connectivity index (χ1n) is 6.88. The van der Waals surface area contributed by atoms with Crippen molar-refractivity contribution < 1.29 is 0 Å². The molecule has 0 aliphatic carbocycles. The molecule has 4 heteroatoms. The summed E-state index contributed by atoms with van der Waals surface area (Å²) in [6, 6.07) is 21.8. The van der Waals surface area contributed by atoms with Crippen LogP contribution in [0.15, 0.2) is 88.6 Å². The summed E-state index contributed by atoms with van der Waals surface area (Å²) < 4.78 is 1.04. The van der Waals surface area contributed by atoms with Crippen LogP contribution in [0.4, 0.5) is 11.4 Å². The molecule has 0 amide bonds. The fraction of sp³-hybridized carbons (Fsp3) is 0. The van der Waals surface area contributed by atoms with Gasteiger partial charge in [-0.25, -0.2) is 4.99 Å². The van der Waals surface area contributed by atoms with Crippen LogP contribution < -0.4 is 5.32 Å².